The van der Waals surface area contributed by atoms with Crippen molar-refractivity contribution in [2.24, 2.45) is 5.92 Å². The van der Waals surface area contributed by atoms with E-state index in [0.29, 0.717) is 25.6 Å². The van der Waals surface area contributed by atoms with E-state index in [1.165, 1.54) is 4.88 Å². The number of carbonyl (C=O) groups excluding carboxylic acids is 1. The summed E-state index contributed by atoms with van der Waals surface area (Å²) in [4.78, 5) is 15.2. The molecule has 2 amide bonds. The average molecular weight is 282 g/mol. The zero-order valence-corrected chi connectivity index (χ0v) is 12.4. The first-order valence-electron chi connectivity index (χ1n) is 6.82. The number of amides is 2. The Bertz CT molecular complexity index is 394. The van der Waals surface area contributed by atoms with Crippen LogP contribution < -0.4 is 5.32 Å². The van der Waals surface area contributed by atoms with E-state index in [4.69, 9.17) is 4.74 Å². The number of thiophene rings is 1. The molecule has 1 aliphatic rings. The maximum atomic E-state index is 12.0. The van der Waals surface area contributed by atoms with Gasteiger partial charge < -0.3 is 15.0 Å². The molecule has 5 heteroatoms. The maximum Gasteiger partial charge on any atom is 0.317 e. The van der Waals surface area contributed by atoms with Crippen LogP contribution in [0.4, 0.5) is 4.79 Å². The SMILES string of the molecule is C[C@@H](CNC(=O)N1CCO[C@@H](C)C1)Cc1cccs1. The number of hydrogen-bond donors (Lipinski definition) is 1. The molecule has 2 heterocycles. The van der Waals surface area contributed by atoms with Gasteiger partial charge in [-0.15, -0.1) is 11.3 Å². The number of hydrogen-bond acceptors (Lipinski definition) is 3. The van der Waals surface area contributed by atoms with Crippen LogP contribution in [0, 0.1) is 5.92 Å². The van der Waals surface area contributed by atoms with Crippen LogP contribution in [0.25, 0.3) is 0 Å². The van der Waals surface area contributed by atoms with Crippen LogP contribution in [0.3, 0.4) is 0 Å². The summed E-state index contributed by atoms with van der Waals surface area (Å²) in [6.07, 6.45) is 1.17. The highest BCUT2D eigenvalue weighted by molar-refractivity contribution is 7.09. The number of carbonyl (C=O) groups is 1. The highest BCUT2D eigenvalue weighted by Gasteiger charge is 2.21. The Kier molecular flexibility index (Phi) is 5.22. The third kappa shape index (κ3) is 4.51. The molecule has 2 rings (SSSR count). The van der Waals surface area contributed by atoms with Gasteiger partial charge in [0.1, 0.15) is 0 Å². The Labute approximate surface area is 118 Å². The molecule has 0 aliphatic carbocycles. The lowest BCUT2D eigenvalue weighted by atomic mass is 10.1. The van der Waals surface area contributed by atoms with Gasteiger partial charge in [-0.1, -0.05) is 13.0 Å². The maximum absolute atomic E-state index is 12.0. The number of nitrogens with one attached hydrogen (secondary N) is 1. The first kappa shape index (κ1) is 14.3. The zero-order chi connectivity index (χ0) is 13.7. The molecule has 1 fully saturated rings. The van der Waals surface area contributed by atoms with E-state index in [2.05, 4.69) is 29.8 Å². The molecule has 1 N–H and O–H groups in total. The molecule has 0 radical (unpaired) electrons. The van der Waals surface area contributed by atoms with Gasteiger partial charge in [0.2, 0.25) is 0 Å². The molecule has 1 saturated heterocycles. The predicted octanol–water partition coefficient (Wildman–Crippen LogP) is 2.36. The Morgan fingerprint density at radius 1 is 1.68 bits per heavy atom. The van der Waals surface area contributed by atoms with Crippen LogP contribution in [0.1, 0.15) is 18.7 Å². The lowest BCUT2D eigenvalue weighted by Gasteiger charge is -2.31. The largest absolute Gasteiger partial charge is 0.375 e. The van der Waals surface area contributed by atoms with Crippen LogP contribution in [0.2, 0.25) is 0 Å². The van der Waals surface area contributed by atoms with Gasteiger partial charge in [-0.05, 0) is 30.7 Å². The molecule has 0 aromatic carbocycles. The van der Waals surface area contributed by atoms with Gasteiger partial charge in [0.15, 0.2) is 0 Å². The number of ether oxygens (including phenoxy) is 1. The Hall–Kier alpha value is -1.07. The van der Waals surface area contributed by atoms with Crippen molar-refractivity contribution >= 4 is 17.4 Å². The topological polar surface area (TPSA) is 41.6 Å². The van der Waals surface area contributed by atoms with Crippen molar-refractivity contribution in [3.8, 4) is 0 Å². The molecule has 0 bridgehead atoms. The number of nitrogens with zero attached hydrogens (tertiary/aromatic N) is 1. The van der Waals surface area contributed by atoms with Crippen LogP contribution in [0.15, 0.2) is 17.5 Å². The fourth-order valence-corrected chi connectivity index (χ4v) is 3.09. The van der Waals surface area contributed by atoms with Crippen molar-refractivity contribution in [2.75, 3.05) is 26.2 Å². The number of morpholine rings is 1. The van der Waals surface area contributed by atoms with E-state index in [0.717, 1.165) is 13.0 Å². The van der Waals surface area contributed by atoms with E-state index in [1.807, 2.05) is 11.8 Å². The highest BCUT2D eigenvalue weighted by Crippen LogP contribution is 2.14. The summed E-state index contributed by atoms with van der Waals surface area (Å²) >= 11 is 1.77. The lowest BCUT2D eigenvalue weighted by Crippen LogP contribution is -2.49. The monoisotopic (exact) mass is 282 g/mol. The van der Waals surface area contributed by atoms with Crippen LogP contribution in [-0.4, -0.2) is 43.3 Å². The van der Waals surface area contributed by atoms with Gasteiger partial charge in [-0.3, -0.25) is 0 Å². The normalized spacial score (nSPS) is 21.2. The van der Waals surface area contributed by atoms with Crippen LogP contribution in [-0.2, 0) is 11.2 Å². The summed E-state index contributed by atoms with van der Waals surface area (Å²) < 4.78 is 5.43. The summed E-state index contributed by atoms with van der Waals surface area (Å²) in [5.41, 5.74) is 0. The second-order valence-corrected chi connectivity index (χ2v) is 6.23. The molecule has 19 heavy (non-hydrogen) atoms. The predicted molar refractivity (Wildman–Crippen MR) is 77.6 cm³/mol. The van der Waals surface area contributed by atoms with Crippen molar-refractivity contribution in [3.63, 3.8) is 0 Å². The standard InChI is InChI=1S/C14H22N2O2S/c1-11(8-13-4-3-7-19-13)9-15-14(17)16-5-6-18-12(2)10-16/h3-4,7,11-12H,5-6,8-10H2,1-2H3,(H,15,17)/t11-,12+/m1/s1. The molecule has 106 valence electrons. The highest BCUT2D eigenvalue weighted by atomic mass is 32.1. The quantitative estimate of drug-likeness (QED) is 0.921. The van der Waals surface area contributed by atoms with Gasteiger partial charge in [-0.25, -0.2) is 4.79 Å². The fraction of sp³-hybridized carbons (Fsp3) is 0.643. The van der Waals surface area contributed by atoms with E-state index in [1.54, 1.807) is 11.3 Å². The van der Waals surface area contributed by atoms with E-state index in [-0.39, 0.29) is 12.1 Å². The molecule has 2 atom stereocenters. The third-order valence-electron chi connectivity index (χ3n) is 3.26. The number of urea groups is 1. The Morgan fingerprint density at radius 2 is 2.53 bits per heavy atom. The minimum absolute atomic E-state index is 0.0354. The lowest BCUT2D eigenvalue weighted by molar-refractivity contribution is -0.00355. The molecular formula is C14H22N2O2S. The molecule has 1 aromatic rings. The summed E-state index contributed by atoms with van der Waals surface area (Å²) in [7, 11) is 0. The van der Waals surface area contributed by atoms with E-state index >= 15 is 0 Å². The average Bonchev–Trinajstić information content (AvgIpc) is 2.88. The van der Waals surface area contributed by atoms with Crippen molar-refractivity contribution in [1.82, 2.24) is 10.2 Å². The minimum atomic E-state index is 0.0354. The smallest absolute Gasteiger partial charge is 0.317 e. The van der Waals surface area contributed by atoms with Crippen LogP contribution >= 0.6 is 11.3 Å². The minimum Gasteiger partial charge on any atom is -0.375 e. The second kappa shape index (κ2) is 6.91. The molecule has 0 spiro atoms. The summed E-state index contributed by atoms with van der Waals surface area (Å²) in [6.45, 7) is 6.91. The number of rotatable bonds is 4. The van der Waals surface area contributed by atoms with E-state index < -0.39 is 0 Å². The van der Waals surface area contributed by atoms with Gasteiger partial charge in [0.25, 0.3) is 0 Å². The summed E-state index contributed by atoms with van der Waals surface area (Å²) in [6, 6.07) is 4.25. The second-order valence-electron chi connectivity index (χ2n) is 5.20. The van der Waals surface area contributed by atoms with Crippen LogP contribution in [0.5, 0.6) is 0 Å². The first-order valence-corrected chi connectivity index (χ1v) is 7.70. The Balaban J connectivity index is 1.70. The van der Waals surface area contributed by atoms with Gasteiger partial charge >= 0.3 is 6.03 Å². The zero-order valence-electron chi connectivity index (χ0n) is 11.6. The van der Waals surface area contributed by atoms with Crippen molar-refractivity contribution in [2.45, 2.75) is 26.4 Å². The summed E-state index contributed by atoms with van der Waals surface area (Å²) in [5, 5.41) is 5.11. The van der Waals surface area contributed by atoms with Gasteiger partial charge in [0.05, 0.1) is 12.7 Å². The third-order valence-corrected chi connectivity index (χ3v) is 4.16. The van der Waals surface area contributed by atoms with Crippen molar-refractivity contribution < 1.29 is 9.53 Å². The molecule has 4 nitrogen and oxygen atoms in total. The van der Waals surface area contributed by atoms with Crippen molar-refractivity contribution in [3.05, 3.63) is 22.4 Å². The molecule has 1 aliphatic heterocycles. The van der Waals surface area contributed by atoms with Gasteiger partial charge in [-0.2, -0.15) is 0 Å². The fourth-order valence-electron chi connectivity index (χ4n) is 2.22. The van der Waals surface area contributed by atoms with E-state index in [9.17, 15) is 4.79 Å². The summed E-state index contributed by atoms with van der Waals surface area (Å²) in [5.74, 6) is 0.459. The Morgan fingerprint density at radius 3 is 3.21 bits per heavy atom. The van der Waals surface area contributed by atoms with Gasteiger partial charge in [0, 0.05) is 24.5 Å². The molecule has 0 unspecified atom stereocenters. The molecule has 1 aromatic heterocycles. The first-order chi connectivity index (χ1) is 9.15. The molecule has 0 saturated carbocycles. The molecular weight excluding hydrogens is 260 g/mol. The van der Waals surface area contributed by atoms with Crippen molar-refractivity contribution in [1.29, 1.82) is 0 Å².